The van der Waals surface area contributed by atoms with E-state index in [4.69, 9.17) is 10.9 Å². The fraction of sp³-hybridized carbons (Fsp3) is 0.300. The monoisotopic (exact) mass is 232 g/mol. The molecule has 6 heteroatoms. The van der Waals surface area contributed by atoms with E-state index in [1.54, 1.807) is 0 Å². The molecule has 0 aromatic heterocycles. The summed E-state index contributed by atoms with van der Waals surface area (Å²) in [7, 11) is 0. The molecule has 1 rings (SSSR count). The van der Waals surface area contributed by atoms with Crippen LogP contribution in [0.3, 0.4) is 0 Å². The Labute approximate surface area is 90.4 Å². The van der Waals surface area contributed by atoms with Gasteiger partial charge in [0.05, 0.1) is 5.92 Å². The van der Waals surface area contributed by atoms with Crippen molar-refractivity contribution < 1.29 is 18.4 Å². The number of halogens is 3. The zero-order chi connectivity index (χ0) is 12.3. The van der Waals surface area contributed by atoms with Crippen LogP contribution in [0, 0.1) is 0 Å². The van der Waals surface area contributed by atoms with Gasteiger partial charge < -0.3 is 10.9 Å². The molecule has 0 amide bonds. The van der Waals surface area contributed by atoms with Gasteiger partial charge in [-0.15, -0.1) is 0 Å². The average molecular weight is 232 g/mol. The van der Waals surface area contributed by atoms with E-state index >= 15 is 0 Å². The van der Waals surface area contributed by atoms with Crippen LogP contribution in [0.4, 0.5) is 13.2 Å². The third-order valence-electron chi connectivity index (χ3n) is 2.31. The highest BCUT2D eigenvalue weighted by Gasteiger charge is 2.36. The highest BCUT2D eigenvalue weighted by atomic mass is 19.4. The van der Waals surface area contributed by atoms with Gasteiger partial charge in [0.2, 0.25) is 0 Å². The molecule has 1 aromatic rings. The number of alkyl halides is 3. The number of nitrogens with two attached hydrogens (primary N) is 1. The van der Waals surface area contributed by atoms with Crippen LogP contribution in [0.1, 0.15) is 24.0 Å². The SMILES string of the molecule is CC(c1ccc(/C(N)=N/O)cc1)C(F)(F)F. The summed E-state index contributed by atoms with van der Waals surface area (Å²) in [6.45, 7) is 1.08. The van der Waals surface area contributed by atoms with Gasteiger partial charge in [0.15, 0.2) is 5.84 Å². The number of hydrogen-bond donors (Lipinski definition) is 2. The fourth-order valence-electron chi connectivity index (χ4n) is 1.19. The summed E-state index contributed by atoms with van der Waals surface area (Å²) in [5, 5.41) is 11.1. The van der Waals surface area contributed by atoms with Crippen LogP contribution < -0.4 is 5.73 Å². The van der Waals surface area contributed by atoms with Crippen LogP contribution in [0.2, 0.25) is 0 Å². The number of nitrogens with zero attached hydrogens (tertiary/aromatic N) is 1. The summed E-state index contributed by atoms with van der Waals surface area (Å²) in [5.41, 5.74) is 5.80. The maximum absolute atomic E-state index is 12.4. The van der Waals surface area contributed by atoms with Crippen molar-refractivity contribution in [2.24, 2.45) is 10.9 Å². The van der Waals surface area contributed by atoms with Gasteiger partial charge in [-0.25, -0.2) is 0 Å². The summed E-state index contributed by atoms with van der Waals surface area (Å²) in [6, 6.07) is 5.39. The highest BCUT2D eigenvalue weighted by molar-refractivity contribution is 5.96. The lowest BCUT2D eigenvalue weighted by Crippen LogP contribution is -2.18. The van der Waals surface area contributed by atoms with E-state index in [2.05, 4.69) is 5.16 Å². The first kappa shape index (κ1) is 12.4. The van der Waals surface area contributed by atoms with Crippen molar-refractivity contribution >= 4 is 5.84 Å². The van der Waals surface area contributed by atoms with Crippen LogP contribution in [0.15, 0.2) is 29.4 Å². The second kappa shape index (κ2) is 4.42. The fourth-order valence-corrected chi connectivity index (χ4v) is 1.19. The highest BCUT2D eigenvalue weighted by Crippen LogP contribution is 2.34. The van der Waals surface area contributed by atoms with Gasteiger partial charge in [0.1, 0.15) is 0 Å². The van der Waals surface area contributed by atoms with Crippen molar-refractivity contribution in [2.75, 3.05) is 0 Å². The zero-order valence-corrected chi connectivity index (χ0v) is 8.49. The van der Waals surface area contributed by atoms with Crippen LogP contribution in [-0.2, 0) is 0 Å². The molecule has 1 atom stereocenters. The van der Waals surface area contributed by atoms with Crippen molar-refractivity contribution in [3.63, 3.8) is 0 Å². The average Bonchev–Trinajstić information content (AvgIpc) is 2.26. The Kier molecular flexibility index (Phi) is 3.41. The summed E-state index contributed by atoms with van der Waals surface area (Å²) in [6.07, 6.45) is -4.27. The number of amidine groups is 1. The van der Waals surface area contributed by atoms with Gasteiger partial charge in [-0.2, -0.15) is 13.2 Å². The van der Waals surface area contributed by atoms with E-state index in [0.29, 0.717) is 5.56 Å². The van der Waals surface area contributed by atoms with E-state index in [1.807, 2.05) is 0 Å². The maximum atomic E-state index is 12.4. The van der Waals surface area contributed by atoms with Gasteiger partial charge in [0, 0.05) is 5.56 Å². The Morgan fingerprint density at radius 3 is 2.19 bits per heavy atom. The summed E-state index contributed by atoms with van der Waals surface area (Å²) in [5.74, 6) is -1.67. The van der Waals surface area contributed by atoms with Crippen molar-refractivity contribution in [3.8, 4) is 0 Å². The molecule has 1 aromatic carbocycles. The van der Waals surface area contributed by atoms with Crippen molar-refractivity contribution in [1.82, 2.24) is 0 Å². The second-order valence-electron chi connectivity index (χ2n) is 3.37. The van der Waals surface area contributed by atoms with E-state index in [0.717, 1.165) is 6.92 Å². The molecule has 0 aliphatic heterocycles. The third-order valence-corrected chi connectivity index (χ3v) is 2.31. The first-order chi connectivity index (χ1) is 7.36. The Morgan fingerprint density at radius 1 is 1.31 bits per heavy atom. The molecule has 1 unspecified atom stereocenters. The lowest BCUT2D eigenvalue weighted by Gasteiger charge is -2.15. The number of oxime groups is 1. The molecule has 0 aliphatic rings. The predicted molar refractivity (Wildman–Crippen MR) is 53.4 cm³/mol. The molecule has 0 radical (unpaired) electrons. The number of rotatable bonds is 2. The van der Waals surface area contributed by atoms with Crippen LogP contribution in [0.5, 0.6) is 0 Å². The molecule has 0 saturated carbocycles. The molecule has 3 N–H and O–H groups in total. The molecule has 0 bridgehead atoms. The molecule has 0 fully saturated rings. The molecular formula is C10H11F3N2O. The topological polar surface area (TPSA) is 58.6 Å². The first-order valence-electron chi connectivity index (χ1n) is 4.51. The summed E-state index contributed by atoms with van der Waals surface area (Å²) >= 11 is 0. The summed E-state index contributed by atoms with van der Waals surface area (Å²) in [4.78, 5) is 0. The minimum Gasteiger partial charge on any atom is -0.409 e. The second-order valence-corrected chi connectivity index (χ2v) is 3.37. The van der Waals surface area contributed by atoms with Crippen LogP contribution in [0.25, 0.3) is 0 Å². The minimum atomic E-state index is -4.27. The molecule has 88 valence electrons. The molecule has 16 heavy (non-hydrogen) atoms. The van der Waals surface area contributed by atoms with Crippen LogP contribution >= 0.6 is 0 Å². The Balaban J connectivity index is 2.96. The Bertz CT molecular complexity index is 384. The minimum absolute atomic E-state index is 0.133. The van der Waals surface area contributed by atoms with Gasteiger partial charge in [0.25, 0.3) is 0 Å². The number of benzene rings is 1. The largest absolute Gasteiger partial charge is 0.409 e. The van der Waals surface area contributed by atoms with E-state index in [-0.39, 0.29) is 11.4 Å². The zero-order valence-electron chi connectivity index (χ0n) is 8.49. The molecular weight excluding hydrogens is 221 g/mol. The molecule has 0 spiro atoms. The van der Waals surface area contributed by atoms with Gasteiger partial charge in [-0.1, -0.05) is 29.4 Å². The predicted octanol–water partition coefficient (Wildman–Crippen LogP) is 2.45. The normalized spacial score (nSPS) is 14.9. The van der Waals surface area contributed by atoms with Crippen LogP contribution in [-0.4, -0.2) is 17.2 Å². The third kappa shape index (κ3) is 2.65. The smallest absolute Gasteiger partial charge is 0.395 e. The maximum Gasteiger partial charge on any atom is 0.395 e. The molecule has 0 saturated heterocycles. The standard InChI is InChI=1S/C10H11F3N2O/c1-6(10(11,12)13)7-2-4-8(5-3-7)9(14)15-16/h2-6,16H,1H3,(H2,14,15). The van der Waals surface area contributed by atoms with E-state index in [9.17, 15) is 13.2 Å². The van der Waals surface area contributed by atoms with Crippen molar-refractivity contribution in [3.05, 3.63) is 35.4 Å². The quantitative estimate of drug-likeness (QED) is 0.356. The first-order valence-corrected chi connectivity index (χ1v) is 4.51. The van der Waals surface area contributed by atoms with Gasteiger partial charge in [-0.05, 0) is 12.5 Å². The lowest BCUT2D eigenvalue weighted by atomic mass is 9.99. The van der Waals surface area contributed by atoms with Crippen molar-refractivity contribution in [2.45, 2.75) is 19.0 Å². The molecule has 0 aliphatic carbocycles. The number of hydrogen-bond acceptors (Lipinski definition) is 2. The Hall–Kier alpha value is -1.72. The Morgan fingerprint density at radius 2 is 1.81 bits per heavy atom. The van der Waals surface area contributed by atoms with E-state index in [1.165, 1.54) is 24.3 Å². The van der Waals surface area contributed by atoms with Crippen molar-refractivity contribution in [1.29, 1.82) is 0 Å². The summed E-state index contributed by atoms with van der Waals surface area (Å²) < 4.78 is 37.1. The van der Waals surface area contributed by atoms with E-state index < -0.39 is 12.1 Å². The van der Waals surface area contributed by atoms with Gasteiger partial charge in [-0.3, -0.25) is 0 Å². The lowest BCUT2D eigenvalue weighted by molar-refractivity contribution is -0.146. The van der Waals surface area contributed by atoms with Gasteiger partial charge >= 0.3 is 6.18 Å². The molecule has 0 heterocycles. The molecule has 3 nitrogen and oxygen atoms in total.